The SMILES string of the molecule is c1ccc(-c2nc3cc4c(cc3n2-c2ccccc2)oc2c4ccc3c4ccccc4n(-c4ccc5oc6ccccc6c5c4)c32)cc1.c1ccc(-c2nc3cc4c(cc3n2-c2ccccc2)oc2c4ccc3c4ccccc4n(-c4ccc5sc6ccccc6c5c4)c32)cc1. The van der Waals surface area contributed by atoms with E-state index in [4.69, 9.17) is 23.2 Å². The maximum absolute atomic E-state index is 6.95. The van der Waals surface area contributed by atoms with Gasteiger partial charge in [0.1, 0.15) is 34.0 Å². The number of para-hydroxylation sites is 5. The first-order chi connectivity index (χ1) is 47.6. The molecule has 0 aliphatic heterocycles. The van der Waals surface area contributed by atoms with Gasteiger partial charge in [0.2, 0.25) is 0 Å². The molecule has 0 saturated heterocycles. The molecule has 0 N–H and O–H groups in total. The maximum Gasteiger partial charge on any atom is 0.160 e. The van der Waals surface area contributed by atoms with Gasteiger partial charge in [-0.25, -0.2) is 9.97 Å². The molecule has 448 valence electrons. The zero-order valence-electron chi connectivity index (χ0n) is 51.2. The number of fused-ring (bicyclic) bond motifs is 22. The van der Waals surface area contributed by atoms with Gasteiger partial charge in [0.15, 0.2) is 11.2 Å². The van der Waals surface area contributed by atoms with Gasteiger partial charge in [0.25, 0.3) is 0 Å². The Labute approximate surface area is 550 Å². The van der Waals surface area contributed by atoms with Crippen LogP contribution in [0.2, 0.25) is 0 Å². The van der Waals surface area contributed by atoms with Gasteiger partial charge in [-0.1, -0.05) is 182 Å². The monoisotopic (exact) mass is 1250 g/mol. The van der Waals surface area contributed by atoms with Gasteiger partial charge in [-0.15, -0.1) is 11.3 Å². The number of aromatic nitrogens is 6. The Hall–Kier alpha value is -12.8. The first-order valence-corrected chi connectivity index (χ1v) is 33.1. The summed E-state index contributed by atoms with van der Waals surface area (Å²) in [6.45, 7) is 0. The summed E-state index contributed by atoms with van der Waals surface area (Å²) < 4.78 is 31.9. The van der Waals surface area contributed by atoms with E-state index in [1.807, 2.05) is 47.7 Å². The lowest BCUT2D eigenvalue weighted by atomic mass is 10.1. The Bertz CT molecular complexity index is 6520. The third-order valence-corrected chi connectivity index (χ3v) is 20.6. The summed E-state index contributed by atoms with van der Waals surface area (Å²) in [6, 6.07) is 107. The average Bonchev–Trinajstić information content (AvgIpc) is 1.56. The third kappa shape index (κ3) is 7.78. The normalized spacial score (nSPS) is 12.2. The smallest absolute Gasteiger partial charge is 0.160 e. The van der Waals surface area contributed by atoms with Crippen LogP contribution in [-0.2, 0) is 0 Å². The summed E-state index contributed by atoms with van der Waals surface area (Å²) in [5.74, 6) is 1.81. The van der Waals surface area contributed by atoms with Crippen molar-refractivity contribution in [1.82, 2.24) is 28.2 Å². The van der Waals surface area contributed by atoms with E-state index in [0.29, 0.717) is 0 Å². The van der Waals surface area contributed by atoms with E-state index in [9.17, 15) is 0 Å². The van der Waals surface area contributed by atoms with Crippen molar-refractivity contribution >= 4 is 163 Å². The van der Waals surface area contributed by atoms with Gasteiger partial charge >= 0.3 is 0 Å². The quantitative estimate of drug-likeness (QED) is 0.166. The second kappa shape index (κ2) is 20.4. The maximum atomic E-state index is 6.95. The van der Waals surface area contributed by atoms with E-state index in [2.05, 4.69) is 285 Å². The molecule has 22 aromatic rings. The molecule has 0 bridgehead atoms. The predicted molar refractivity (Wildman–Crippen MR) is 396 cm³/mol. The highest BCUT2D eigenvalue weighted by atomic mass is 32.1. The van der Waals surface area contributed by atoms with Crippen LogP contribution in [0.1, 0.15) is 0 Å². The lowest BCUT2D eigenvalue weighted by Crippen LogP contribution is -1.97. The second-order valence-electron chi connectivity index (χ2n) is 24.8. The third-order valence-electron chi connectivity index (χ3n) is 19.4. The minimum absolute atomic E-state index is 0.828. The molecule has 9 nitrogen and oxygen atoms in total. The van der Waals surface area contributed by atoms with Crippen LogP contribution in [0.5, 0.6) is 0 Å². The number of rotatable bonds is 6. The summed E-state index contributed by atoms with van der Waals surface area (Å²) >= 11 is 1.85. The molecule has 8 aromatic heterocycles. The molecule has 8 heterocycles. The molecule has 0 fully saturated rings. The highest BCUT2D eigenvalue weighted by Gasteiger charge is 2.25. The Morgan fingerprint density at radius 2 is 0.656 bits per heavy atom. The molecule has 0 unspecified atom stereocenters. The lowest BCUT2D eigenvalue weighted by molar-refractivity contribution is 0.669. The summed E-state index contributed by atoms with van der Waals surface area (Å²) in [5.41, 5.74) is 19.9. The molecule has 10 heteroatoms. The predicted octanol–water partition coefficient (Wildman–Crippen LogP) is 23.6. The highest BCUT2D eigenvalue weighted by Crippen LogP contribution is 2.46. The minimum Gasteiger partial charge on any atom is -0.456 e. The zero-order chi connectivity index (χ0) is 62.7. The standard InChI is InChI=1S/C43H25N3O2.C43H25N3OS/c1-3-11-26(12-4-1)43-44-35-24-34-32-21-20-31-29-15-7-9-17-36(29)45(28-19-22-39-33(23-28)30-16-8-10-18-38(30)47-39)41(31)42(32)48-40(34)25-37(35)46(43)27-13-5-2-6-14-27;1-3-11-26(12-4-1)43-44-35-24-33-32-21-20-31-29-15-7-9-17-36(29)45(28-19-22-40-34(23-28)30-16-8-10-18-39(30)48-40)41(31)42(32)47-38(33)25-37(35)46(43)27-13-5-2-6-14-27/h2*1-25H. The minimum atomic E-state index is 0.828. The van der Waals surface area contributed by atoms with Crippen molar-refractivity contribution in [2.75, 3.05) is 0 Å². The van der Waals surface area contributed by atoms with E-state index in [1.165, 1.54) is 36.3 Å². The van der Waals surface area contributed by atoms with Crippen molar-refractivity contribution in [3.8, 4) is 45.5 Å². The van der Waals surface area contributed by atoms with Gasteiger partial charge in [-0.3, -0.25) is 9.13 Å². The van der Waals surface area contributed by atoms with Gasteiger partial charge in [-0.05, 0) is 109 Å². The van der Waals surface area contributed by atoms with Gasteiger partial charge in [-0.2, -0.15) is 0 Å². The van der Waals surface area contributed by atoms with Crippen LogP contribution in [0.25, 0.3) is 197 Å². The fourth-order valence-electron chi connectivity index (χ4n) is 15.2. The Balaban J connectivity index is 0.000000127. The molecule has 0 aliphatic carbocycles. The van der Waals surface area contributed by atoms with E-state index >= 15 is 0 Å². The number of nitrogens with zero attached hydrogens (tertiary/aromatic N) is 6. The number of imidazole rings is 2. The van der Waals surface area contributed by atoms with Crippen molar-refractivity contribution in [3.05, 3.63) is 303 Å². The fraction of sp³-hybridized carbons (Fsp3) is 0. The molecule has 14 aromatic carbocycles. The number of hydrogen-bond acceptors (Lipinski definition) is 6. The molecular formula is C86H50N6O3S. The fourth-order valence-corrected chi connectivity index (χ4v) is 16.3. The molecule has 0 atom stereocenters. The number of hydrogen-bond donors (Lipinski definition) is 0. The van der Waals surface area contributed by atoms with Crippen molar-refractivity contribution in [1.29, 1.82) is 0 Å². The van der Waals surface area contributed by atoms with Crippen molar-refractivity contribution in [2.45, 2.75) is 0 Å². The first kappa shape index (κ1) is 52.8. The molecule has 0 radical (unpaired) electrons. The van der Waals surface area contributed by atoms with Crippen LogP contribution in [0.3, 0.4) is 0 Å². The molecule has 0 aliphatic rings. The second-order valence-corrected chi connectivity index (χ2v) is 25.8. The molecular weight excluding hydrogens is 1200 g/mol. The van der Waals surface area contributed by atoms with Crippen LogP contribution < -0.4 is 0 Å². The topological polar surface area (TPSA) is 84.9 Å². The molecule has 0 amide bonds. The van der Waals surface area contributed by atoms with Crippen molar-refractivity contribution < 1.29 is 13.3 Å². The van der Waals surface area contributed by atoms with Crippen LogP contribution in [0.15, 0.2) is 317 Å². The van der Waals surface area contributed by atoms with Gasteiger partial charge in [0, 0.05) is 120 Å². The van der Waals surface area contributed by atoms with Crippen molar-refractivity contribution in [2.24, 2.45) is 0 Å². The van der Waals surface area contributed by atoms with Crippen LogP contribution >= 0.6 is 11.3 Å². The van der Waals surface area contributed by atoms with E-state index in [0.717, 1.165) is 161 Å². The lowest BCUT2D eigenvalue weighted by Gasteiger charge is -2.09. The Morgan fingerprint density at radius 1 is 0.240 bits per heavy atom. The number of furan rings is 3. The largest absolute Gasteiger partial charge is 0.456 e. The number of thiophene rings is 1. The summed E-state index contributed by atoms with van der Waals surface area (Å²) in [5, 5.41) is 13.7. The molecule has 0 saturated carbocycles. The van der Waals surface area contributed by atoms with Gasteiger partial charge in [0.05, 0.1) is 44.1 Å². The number of benzene rings is 14. The summed E-state index contributed by atoms with van der Waals surface area (Å²) in [6.07, 6.45) is 0. The van der Waals surface area contributed by atoms with E-state index < -0.39 is 0 Å². The molecule has 0 spiro atoms. The Kier molecular flexibility index (Phi) is 11.2. The summed E-state index contributed by atoms with van der Waals surface area (Å²) in [4.78, 5) is 10.4. The molecule has 96 heavy (non-hydrogen) atoms. The summed E-state index contributed by atoms with van der Waals surface area (Å²) in [7, 11) is 0. The van der Waals surface area contributed by atoms with Crippen LogP contribution in [-0.4, -0.2) is 28.2 Å². The highest BCUT2D eigenvalue weighted by molar-refractivity contribution is 7.25. The first-order valence-electron chi connectivity index (χ1n) is 32.3. The average molecular weight is 1250 g/mol. The zero-order valence-corrected chi connectivity index (χ0v) is 52.0. The van der Waals surface area contributed by atoms with E-state index in [1.54, 1.807) is 0 Å². The molecule has 22 rings (SSSR count). The van der Waals surface area contributed by atoms with Crippen LogP contribution in [0, 0.1) is 0 Å². The Morgan fingerprint density at radius 3 is 1.21 bits per heavy atom. The van der Waals surface area contributed by atoms with Gasteiger partial charge < -0.3 is 22.4 Å². The van der Waals surface area contributed by atoms with Crippen molar-refractivity contribution in [3.63, 3.8) is 0 Å². The van der Waals surface area contributed by atoms with Crippen LogP contribution in [0.4, 0.5) is 0 Å². The van der Waals surface area contributed by atoms with E-state index in [-0.39, 0.29) is 0 Å².